The number of hydrogen-bond donors (Lipinski definition) is 0. The lowest BCUT2D eigenvalue weighted by molar-refractivity contribution is 0.390. The Bertz CT molecular complexity index is 136. The maximum atomic E-state index is 4.00. The summed E-state index contributed by atoms with van der Waals surface area (Å²) < 4.78 is 0. The van der Waals surface area contributed by atoms with Crippen LogP contribution in [-0.2, 0) is 0 Å². The zero-order chi connectivity index (χ0) is 6.69. The van der Waals surface area contributed by atoms with Crippen molar-refractivity contribution in [2.75, 3.05) is 6.54 Å². The number of hydrogen-bond acceptors (Lipinski definition) is 2. The number of aliphatic imine (C=N–C) groups is 1. The molecule has 0 amide bonds. The van der Waals surface area contributed by atoms with E-state index >= 15 is 0 Å². The molecule has 0 saturated carbocycles. The van der Waals surface area contributed by atoms with Gasteiger partial charge in [0.1, 0.15) is 0 Å². The minimum atomic E-state index is 0.568. The van der Waals surface area contributed by atoms with E-state index < -0.39 is 0 Å². The Morgan fingerprint density at radius 3 is 2.67 bits per heavy atom. The van der Waals surface area contributed by atoms with Crippen molar-refractivity contribution in [1.82, 2.24) is 4.90 Å². The van der Waals surface area contributed by atoms with Gasteiger partial charge in [-0.1, -0.05) is 0 Å². The summed E-state index contributed by atoms with van der Waals surface area (Å²) in [6.07, 6.45) is 5.77. The van der Waals surface area contributed by atoms with Crippen LogP contribution >= 0.6 is 0 Å². The van der Waals surface area contributed by atoms with Gasteiger partial charge in [-0.2, -0.15) is 0 Å². The van der Waals surface area contributed by atoms with Crippen LogP contribution in [0.5, 0.6) is 0 Å². The van der Waals surface area contributed by atoms with E-state index in [2.05, 4.69) is 29.8 Å². The predicted molar refractivity (Wildman–Crippen MR) is 39.5 cm³/mol. The summed E-state index contributed by atoms with van der Waals surface area (Å²) >= 11 is 0. The Balaban J connectivity index is 2.46. The molecule has 1 aliphatic rings. The van der Waals surface area contributed by atoms with E-state index in [1.165, 1.54) is 0 Å². The van der Waals surface area contributed by atoms with Gasteiger partial charge in [0.2, 0.25) is 0 Å². The lowest BCUT2D eigenvalue weighted by Gasteiger charge is -2.23. The summed E-state index contributed by atoms with van der Waals surface area (Å²) in [7, 11) is 0. The van der Waals surface area contributed by atoms with Crippen LogP contribution in [0.4, 0.5) is 0 Å². The third-order valence-corrected chi connectivity index (χ3v) is 1.39. The fourth-order valence-electron chi connectivity index (χ4n) is 0.745. The maximum Gasteiger partial charge on any atom is 0.0909 e. The molecule has 0 aromatic carbocycles. The standard InChI is InChI=1S/C7H12N2/c1-7(2)9-5-3-4-8-6-9/h3-4,6-7H,5H2,1-2H3. The van der Waals surface area contributed by atoms with Gasteiger partial charge in [-0.15, -0.1) is 0 Å². The van der Waals surface area contributed by atoms with Gasteiger partial charge in [-0.05, 0) is 19.9 Å². The van der Waals surface area contributed by atoms with E-state index in [1.807, 2.05) is 12.5 Å². The second-order valence-electron chi connectivity index (χ2n) is 2.44. The SMILES string of the molecule is CC(C)N1C=NC=CC1. The summed E-state index contributed by atoms with van der Waals surface area (Å²) in [6, 6.07) is 0.568. The highest BCUT2D eigenvalue weighted by Gasteiger charge is 2.02. The third-order valence-electron chi connectivity index (χ3n) is 1.39. The molecule has 0 unspecified atom stereocenters. The van der Waals surface area contributed by atoms with Gasteiger partial charge < -0.3 is 4.90 Å². The molecule has 2 heteroatoms. The van der Waals surface area contributed by atoms with Gasteiger partial charge in [0.15, 0.2) is 0 Å². The minimum absolute atomic E-state index is 0.568. The summed E-state index contributed by atoms with van der Waals surface area (Å²) in [4.78, 5) is 6.18. The Morgan fingerprint density at radius 2 is 2.33 bits per heavy atom. The lowest BCUT2D eigenvalue weighted by Crippen LogP contribution is -2.30. The van der Waals surface area contributed by atoms with E-state index in [0.29, 0.717) is 6.04 Å². The van der Waals surface area contributed by atoms with Crippen molar-refractivity contribution in [3.63, 3.8) is 0 Å². The molecule has 1 aliphatic heterocycles. The van der Waals surface area contributed by atoms with E-state index in [9.17, 15) is 0 Å². The van der Waals surface area contributed by atoms with Crippen molar-refractivity contribution < 1.29 is 0 Å². The Morgan fingerprint density at radius 1 is 1.56 bits per heavy atom. The molecule has 2 nitrogen and oxygen atoms in total. The van der Waals surface area contributed by atoms with Crippen LogP contribution in [0.15, 0.2) is 17.3 Å². The first kappa shape index (κ1) is 6.33. The first-order valence-electron chi connectivity index (χ1n) is 3.25. The fraction of sp³-hybridized carbons (Fsp3) is 0.571. The average Bonchev–Trinajstić information content (AvgIpc) is 1.90. The zero-order valence-electron chi connectivity index (χ0n) is 5.91. The molecule has 1 heterocycles. The van der Waals surface area contributed by atoms with Crippen LogP contribution in [0.3, 0.4) is 0 Å². The summed E-state index contributed by atoms with van der Waals surface area (Å²) in [5.41, 5.74) is 0. The molecule has 0 fully saturated rings. The predicted octanol–water partition coefficient (Wildman–Crippen LogP) is 1.25. The first-order chi connectivity index (χ1) is 4.30. The summed E-state index contributed by atoms with van der Waals surface area (Å²) in [5, 5.41) is 0. The number of nitrogens with zero attached hydrogens (tertiary/aromatic N) is 2. The van der Waals surface area contributed by atoms with E-state index in [1.54, 1.807) is 0 Å². The van der Waals surface area contributed by atoms with Gasteiger partial charge in [0.25, 0.3) is 0 Å². The van der Waals surface area contributed by atoms with Crippen molar-refractivity contribution in [1.29, 1.82) is 0 Å². The second kappa shape index (κ2) is 2.67. The van der Waals surface area contributed by atoms with Gasteiger partial charge in [-0.25, -0.2) is 4.99 Å². The quantitative estimate of drug-likeness (QED) is 0.513. The first-order valence-corrected chi connectivity index (χ1v) is 3.25. The largest absolute Gasteiger partial charge is 0.356 e. The van der Waals surface area contributed by atoms with Crippen LogP contribution in [0.1, 0.15) is 13.8 Å². The summed E-state index contributed by atoms with van der Waals surface area (Å²) in [5.74, 6) is 0. The molecular weight excluding hydrogens is 112 g/mol. The maximum absolute atomic E-state index is 4.00. The summed E-state index contributed by atoms with van der Waals surface area (Å²) in [6.45, 7) is 5.32. The molecule has 0 aromatic rings. The van der Waals surface area contributed by atoms with Crippen molar-refractivity contribution in [2.24, 2.45) is 4.99 Å². The molecular formula is C7H12N2. The number of rotatable bonds is 1. The zero-order valence-corrected chi connectivity index (χ0v) is 5.91. The highest BCUT2D eigenvalue weighted by molar-refractivity contribution is 5.57. The van der Waals surface area contributed by atoms with Crippen molar-refractivity contribution in [3.8, 4) is 0 Å². The van der Waals surface area contributed by atoms with Crippen LogP contribution in [0.25, 0.3) is 0 Å². The molecule has 1 rings (SSSR count). The minimum Gasteiger partial charge on any atom is -0.356 e. The molecule has 0 radical (unpaired) electrons. The van der Waals surface area contributed by atoms with Crippen LogP contribution < -0.4 is 0 Å². The van der Waals surface area contributed by atoms with Crippen LogP contribution in [0, 0.1) is 0 Å². The molecule has 50 valence electrons. The van der Waals surface area contributed by atoms with E-state index in [4.69, 9.17) is 0 Å². The average molecular weight is 124 g/mol. The molecule has 0 saturated heterocycles. The molecule has 0 aliphatic carbocycles. The monoisotopic (exact) mass is 124 g/mol. The molecule has 0 aromatic heterocycles. The highest BCUT2D eigenvalue weighted by Crippen LogP contribution is 1.98. The molecule has 9 heavy (non-hydrogen) atoms. The third kappa shape index (κ3) is 1.56. The van der Waals surface area contributed by atoms with E-state index in [-0.39, 0.29) is 0 Å². The Kier molecular flexibility index (Phi) is 1.88. The van der Waals surface area contributed by atoms with Crippen LogP contribution in [-0.4, -0.2) is 23.8 Å². The van der Waals surface area contributed by atoms with Gasteiger partial charge >= 0.3 is 0 Å². The van der Waals surface area contributed by atoms with E-state index in [0.717, 1.165) is 6.54 Å². The van der Waals surface area contributed by atoms with Gasteiger partial charge in [0, 0.05) is 18.8 Å². The molecule has 0 spiro atoms. The second-order valence-corrected chi connectivity index (χ2v) is 2.44. The molecule has 0 N–H and O–H groups in total. The van der Waals surface area contributed by atoms with Crippen molar-refractivity contribution in [2.45, 2.75) is 19.9 Å². The van der Waals surface area contributed by atoms with Gasteiger partial charge in [-0.3, -0.25) is 0 Å². The smallest absolute Gasteiger partial charge is 0.0909 e. The lowest BCUT2D eigenvalue weighted by atomic mass is 10.3. The van der Waals surface area contributed by atoms with Crippen LogP contribution in [0.2, 0.25) is 0 Å². The highest BCUT2D eigenvalue weighted by atomic mass is 15.2. The Labute approximate surface area is 55.9 Å². The Hall–Kier alpha value is -0.790. The normalized spacial score (nSPS) is 17.4. The molecule has 0 atom stereocenters. The topological polar surface area (TPSA) is 15.6 Å². The molecule has 0 bridgehead atoms. The van der Waals surface area contributed by atoms with Crippen molar-refractivity contribution >= 4 is 6.34 Å². The van der Waals surface area contributed by atoms with Gasteiger partial charge in [0.05, 0.1) is 6.34 Å². The van der Waals surface area contributed by atoms with Crippen molar-refractivity contribution in [3.05, 3.63) is 12.3 Å². The fourth-order valence-corrected chi connectivity index (χ4v) is 0.745.